The molecule has 0 spiro atoms. The maximum absolute atomic E-state index is 11.4. The number of rotatable bonds is 8. The summed E-state index contributed by atoms with van der Waals surface area (Å²) in [6, 6.07) is 5.38. The summed E-state index contributed by atoms with van der Waals surface area (Å²) in [6.45, 7) is 5.35. The molecule has 1 saturated heterocycles. The van der Waals surface area contributed by atoms with Gasteiger partial charge in [-0.3, -0.25) is 15.0 Å². The number of methoxy groups -OCH3 is 1. The summed E-state index contributed by atoms with van der Waals surface area (Å²) in [5, 5.41) is 14.8. The van der Waals surface area contributed by atoms with Gasteiger partial charge in [-0.1, -0.05) is 13.0 Å². The monoisotopic (exact) mass is 365 g/mol. The smallest absolute Gasteiger partial charge is 0.343 e. The van der Waals surface area contributed by atoms with E-state index in [-0.39, 0.29) is 18.0 Å². The fraction of sp³-hybridized carbons (Fsp3) is 0.611. The number of hydrogen-bond donors (Lipinski definition) is 1. The summed E-state index contributed by atoms with van der Waals surface area (Å²) in [5.74, 6) is -0.506. The molecule has 1 aromatic carbocycles. The number of nitro benzene ring substituents is 1. The first kappa shape index (κ1) is 20.1. The zero-order valence-electron chi connectivity index (χ0n) is 15.4. The van der Waals surface area contributed by atoms with E-state index in [2.05, 4.69) is 21.9 Å². The van der Waals surface area contributed by atoms with Gasteiger partial charge in [0.15, 0.2) is 12.4 Å². The molecule has 1 fully saturated rings. The number of nitrogens with zero attached hydrogens (tertiary/aromatic N) is 2. The van der Waals surface area contributed by atoms with Crippen molar-refractivity contribution in [3.63, 3.8) is 0 Å². The standard InChI is InChI=1S/C18H27N3O5/c1-3-20(15-5-4-9-19-10-8-15)12-14-6-7-17(16(11-14)21(23)24)26-13-18(22)25-2/h6-7,11,15,19H,3-5,8-10,12-13H2,1-2H3. The molecule has 1 aliphatic rings. The summed E-state index contributed by atoms with van der Waals surface area (Å²) >= 11 is 0. The summed E-state index contributed by atoms with van der Waals surface area (Å²) in [4.78, 5) is 24.4. The highest BCUT2D eigenvalue weighted by Gasteiger charge is 2.21. The molecule has 0 aromatic heterocycles. The molecule has 8 heteroatoms. The van der Waals surface area contributed by atoms with Gasteiger partial charge in [-0.15, -0.1) is 0 Å². The summed E-state index contributed by atoms with van der Waals surface area (Å²) < 4.78 is 9.73. The average Bonchev–Trinajstić information content (AvgIpc) is 2.93. The van der Waals surface area contributed by atoms with Crippen LogP contribution in [-0.2, 0) is 16.1 Å². The van der Waals surface area contributed by atoms with Crippen molar-refractivity contribution >= 4 is 11.7 Å². The molecule has 1 heterocycles. The Hall–Kier alpha value is -2.19. The van der Waals surface area contributed by atoms with Crippen LogP contribution in [-0.4, -0.2) is 55.2 Å². The zero-order valence-corrected chi connectivity index (χ0v) is 15.4. The Morgan fingerprint density at radius 1 is 1.38 bits per heavy atom. The van der Waals surface area contributed by atoms with E-state index in [1.807, 2.05) is 6.07 Å². The van der Waals surface area contributed by atoms with Crippen molar-refractivity contribution in [1.29, 1.82) is 0 Å². The second kappa shape index (κ2) is 10.1. The van der Waals surface area contributed by atoms with Crippen LogP contribution in [0.15, 0.2) is 18.2 Å². The highest BCUT2D eigenvalue weighted by Crippen LogP contribution is 2.29. The topological polar surface area (TPSA) is 93.9 Å². The largest absolute Gasteiger partial charge is 0.475 e. The maximum atomic E-state index is 11.4. The van der Waals surface area contributed by atoms with Crippen LogP contribution in [0.5, 0.6) is 5.75 Å². The van der Waals surface area contributed by atoms with Crippen LogP contribution in [0.2, 0.25) is 0 Å². The normalized spacial score (nSPS) is 17.6. The number of carbonyl (C=O) groups excluding carboxylic acids is 1. The van der Waals surface area contributed by atoms with E-state index in [9.17, 15) is 14.9 Å². The number of hydrogen-bond acceptors (Lipinski definition) is 7. The van der Waals surface area contributed by atoms with Crippen molar-refractivity contribution in [1.82, 2.24) is 10.2 Å². The van der Waals surface area contributed by atoms with E-state index >= 15 is 0 Å². The first-order valence-electron chi connectivity index (χ1n) is 8.96. The van der Waals surface area contributed by atoms with Gasteiger partial charge >= 0.3 is 11.7 Å². The van der Waals surface area contributed by atoms with E-state index in [4.69, 9.17) is 4.74 Å². The van der Waals surface area contributed by atoms with Crippen LogP contribution in [0.1, 0.15) is 31.7 Å². The Morgan fingerprint density at radius 3 is 2.88 bits per heavy atom. The van der Waals surface area contributed by atoms with Crippen molar-refractivity contribution in [2.75, 3.05) is 33.4 Å². The lowest BCUT2D eigenvalue weighted by molar-refractivity contribution is -0.385. The van der Waals surface area contributed by atoms with E-state index in [1.54, 1.807) is 6.07 Å². The third kappa shape index (κ3) is 5.67. The number of ether oxygens (including phenoxy) is 2. The van der Waals surface area contributed by atoms with Crippen molar-refractivity contribution in [2.45, 2.75) is 38.8 Å². The Bertz CT molecular complexity index is 615. The van der Waals surface area contributed by atoms with Crippen LogP contribution in [0.4, 0.5) is 5.69 Å². The molecular formula is C18H27N3O5. The van der Waals surface area contributed by atoms with E-state index in [0.29, 0.717) is 12.6 Å². The molecular weight excluding hydrogens is 338 g/mol. The highest BCUT2D eigenvalue weighted by molar-refractivity contribution is 5.71. The number of carbonyl (C=O) groups is 1. The molecule has 1 aromatic rings. The quantitative estimate of drug-likeness (QED) is 0.428. The number of nitrogens with one attached hydrogen (secondary N) is 1. The molecule has 0 aliphatic carbocycles. The second-order valence-corrected chi connectivity index (χ2v) is 6.32. The molecule has 2 rings (SSSR count). The summed E-state index contributed by atoms with van der Waals surface area (Å²) in [6.07, 6.45) is 3.35. The second-order valence-electron chi connectivity index (χ2n) is 6.32. The summed E-state index contributed by atoms with van der Waals surface area (Å²) in [5.41, 5.74) is 0.728. The van der Waals surface area contributed by atoms with Gasteiger partial charge in [0, 0.05) is 18.7 Å². The fourth-order valence-electron chi connectivity index (χ4n) is 3.22. The third-order valence-corrected chi connectivity index (χ3v) is 4.65. The molecule has 0 saturated carbocycles. The van der Waals surface area contributed by atoms with Gasteiger partial charge in [0.05, 0.1) is 12.0 Å². The Balaban J connectivity index is 2.11. The fourth-order valence-corrected chi connectivity index (χ4v) is 3.22. The Morgan fingerprint density at radius 2 is 2.19 bits per heavy atom. The molecule has 8 nitrogen and oxygen atoms in total. The van der Waals surface area contributed by atoms with E-state index in [0.717, 1.165) is 44.5 Å². The number of benzene rings is 1. The van der Waals surface area contributed by atoms with Crippen molar-refractivity contribution in [3.8, 4) is 5.75 Å². The SMILES string of the molecule is CCN(Cc1ccc(OCC(=O)OC)c([N+](=O)[O-])c1)C1CCCNCC1. The van der Waals surface area contributed by atoms with Gasteiger partial charge in [-0.2, -0.15) is 0 Å². The van der Waals surface area contributed by atoms with Gasteiger partial charge in [-0.25, -0.2) is 4.79 Å². The highest BCUT2D eigenvalue weighted by atomic mass is 16.6. The van der Waals surface area contributed by atoms with Gasteiger partial charge < -0.3 is 14.8 Å². The molecule has 1 N–H and O–H groups in total. The average molecular weight is 365 g/mol. The Labute approximate surface area is 153 Å². The molecule has 0 radical (unpaired) electrons. The van der Waals surface area contributed by atoms with Gasteiger partial charge in [0.1, 0.15) is 0 Å². The number of nitro groups is 1. The minimum absolute atomic E-state index is 0.0749. The third-order valence-electron chi connectivity index (χ3n) is 4.65. The molecule has 0 amide bonds. The molecule has 0 bridgehead atoms. The number of esters is 1. The predicted octanol–water partition coefficient (Wildman–Crippen LogP) is 2.11. The van der Waals surface area contributed by atoms with Crippen molar-refractivity contribution in [2.24, 2.45) is 0 Å². The van der Waals surface area contributed by atoms with E-state index in [1.165, 1.54) is 13.2 Å². The van der Waals surface area contributed by atoms with Crippen molar-refractivity contribution in [3.05, 3.63) is 33.9 Å². The van der Waals surface area contributed by atoms with Crippen LogP contribution in [0, 0.1) is 10.1 Å². The van der Waals surface area contributed by atoms with Crippen molar-refractivity contribution < 1.29 is 19.2 Å². The first-order chi connectivity index (χ1) is 12.5. The molecule has 1 atom stereocenters. The first-order valence-corrected chi connectivity index (χ1v) is 8.96. The lowest BCUT2D eigenvalue weighted by atomic mass is 10.1. The van der Waals surface area contributed by atoms with E-state index < -0.39 is 10.9 Å². The van der Waals surface area contributed by atoms with Gasteiger partial charge in [0.25, 0.3) is 0 Å². The van der Waals surface area contributed by atoms with Gasteiger partial charge in [-0.05, 0) is 50.5 Å². The summed E-state index contributed by atoms with van der Waals surface area (Å²) in [7, 11) is 1.24. The van der Waals surface area contributed by atoms with Crippen LogP contribution in [0.3, 0.4) is 0 Å². The zero-order chi connectivity index (χ0) is 18.9. The maximum Gasteiger partial charge on any atom is 0.343 e. The van der Waals surface area contributed by atoms with Crippen LogP contribution >= 0.6 is 0 Å². The molecule has 26 heavy (non-hydrogen) atoms. The Kier molecular flexibility index (Phi) is 7.80. The van der Waals surface area contributed by atoms with Crippen LogP contribution in [0.25, 0.3) is 0 Å². The van der Waals surface area contributed by atoms with Crippen LogP contribution < -0.4 is 10.1 Å². The molecule has 1 unspecified atom stereocenters. The predicted molar refractivity (Wildman–Crippen MR) is 97.2 cm³/mol. The minimum atomic E-state index is -0.581. The van der Waals surface area contributed by atoms with Gasteiger partial charge in [0.2, 0.25) is 0 Å². The minimum Gasteiger partial charge on any atom is -0.475 e. The lowest BCUT2D eigenvalue weighted by Gasteiger charge is -2.29. The lowest BCUT2D eigenvalue weighted by Crippen LogP contribution is -2.35. The molecule has 144 valence electrons. The molecule has 1 aliphatic heterocycles.